The summed E-state index contributed by atoms with van der Waals surface area (Å²) < 4.78 is 1.70. The van der Waals surface area contributed by atoms with Crippen LogP contribution >= 0.6 is 11.6 Å². The summed E-state index contributed by atoms with van der Waals surface area (Å²) in [6.45, 7) is 0.712. The monoisotopic (exact) mass is 426 g/mol. The lowest BCUT2D eigenvalue weighted by Gasteiger charge is -2.15. The molecule has 1 aliphatic rings. The second-order valence-electron chi connectivity index (χ2n) is 6.64. The van der Waals surface area contributed by atoms with Gasteiger partial charge in [0.1, 0.15) is 11.5 Å². The van der Waals surface area contributed by atoms with Crippen molar-refractivity contribution in [3.63, 3.8) is 0 Å². The molecule has 9 nitrogen and oxygen atoms in total. The number of rotatable bonds is 6. The highest BCUT2D eigenvalue weighted by Crippen LogP contribution is 2.31. The molecule has 30 heavy (non-hydrogen) atoms. The molecule has 0 bridgehead atoms. The SMILES string of the molecule is CONC(=O)c1ccccc1Nc1cc(Nc2cnn3c2C(=O)CCC3)ncc1Cl. The van der Waals surface area contributed by atoms with E-state index in [2.05, 4.69) is 26.2 Å². The van der Waals surface area contributed by atoms with Crippen molar-refractivity contribution >= 4 is 46.2 Å². The van der Waals surface area contributed by atoms with Crippen LogP contribution < -0.4 is 16.1 Å². The smallest absolute Gasteiger partial charge is 0.276 e. The Labute approximate surface area is 177 Å². The Morgan fingerprint density at radius 1 is 1.17 bits per heavy atom. The minimum Gasteiger partial charge on any atom is -0.353 e. The van der Waals surface area contributed by atoms with Crippen LogP contribution in [0.3, 0.4) is 0 Å². The maximum Gasteiger partial charge on any atom is 0.276 e. The topological polar surface area (TPSA) is 110 Å². The number of hydroxylamine groups is 1. The molecule has 0 saturated heterocycles. The molecular weight excluding hydrogens is 408 g/mol. The van der Waals surface area contributed by atoms with Gasteiger partial charge in [0.15, 0.2) is 5.78 Å². The van der Waals surface area contributed by atoms with Crippen LogP contribution in [0.2, 0.25) is 5.02 Å². The summed E-state index contributed by atoms with van der Waals surface area (Å²) >= 11 is 6.31. The number of benzene rings is 1. The van der Waals surface area contributed by atoms with Crippen LogP contribution in [0.5, 0.6) is 0 Å². The number of fused-ring (bicyclic) bond motifs is 1. The maximum atomic E-state index is 12.3. The van der Waals surface area contributed by atoms with E-state index in [0.717, 1.165) is 6.42 Å². The molecule has 3 N–H and O–H groups in total. The number of aryl methyl sites for hydroxylation is 1. The molecule has 10 heteroatoms. The van der Waals surface area contributed by atoms with Crippen LogP contribution in [0, 0.1) is 0 Å². The van der Waals surface area contributed by atoms with E-state index in [1.54, 1.807) is 41.2 Å². The second-order valence-corrected chi connectivity index (χ2v) is 7.04. The molecular formula is C20H19ClN6O3. The van der Waals surface area contributed by atoms with Crippen molar-refractivity contribution in [2.45, 2.75) is 19.4 Å². The predicted molar refractivity (Wildman–Crippen MR) is 113 cm³/mol. The fourth-order valence-electron chi connectivity index (χ4n) is 3.27. The van der Waals surface area contributed by atoms with Gasteiger partial charge in [-0.05, 0) is 18.6 Å². The third kappa shape index (κ3) is 3.98. The fourth-order valence-corrected chi connectivity index (χ4v) is 3.42. The van der Waals surface area contributed by atoms with Gasteiger partial charge in [-0.15, -0.1) is 0 Å². The Bertz CT molecular complexity index is 1110. The number of pyridine rings is 1. The molecule has 0 saturated carbocycles. The molecule has 0 radical (unpaired) electrons. The highest BCUT2D eigenvalue weighted by molar-refractivity contribution is 6.33. The zero-order chi connectivity index (χ0) is 21.1. The van der Waals surface area contributed by atoms with E-state index in [9.17, 15) is 9.59 Å². The van der Waals surface area contributed by atoms with Crippen LogP contribution in [0.4, 0.5) is 22.9 Å². The van der Waals surface area contributed by atoms with Crippen molar-refractivity contribution in [2.24, 2.45) is 0 Å². The summed E-state index contributed by atoms with van der Waals surface area (Å²) in [5, 5.41) is 10.9. The quantitative estimate of drug-likeness (QED) is 0.515. The molecule has 0 spiro atoms. The summed E-state index contributed by atoms with van der Waals surface area (Å²) in [5.41, 5.74) is 4.92. The zero-order valence-electron chi connectivity index (χ0n) is 16.1. The average molecular weight is 427 g/mol. The Balaban J connectivity index is 1.61. The van der Waals surface area contributed by atoms with Crippen LogP contribution in [0.15, 0.2) is 42.7 Å². The number of para-hydroxylation sites is 1. The summed E-state index contributed by atoms with van der Waals surface area (Å²) in [6, 6.07) is 8.66. The van der Waals surface area contributed by atoms with Crippen molar-refractivity contribution in [3.8, 4) is 0 Å². The van der Waals surface area contributed by atoms with Crippen molar-refractivity contribution in [3.05, 3.63) is 59.0 Å². The number of nitrogens with zero attached hydrogens (tertiary/aromatic N) is 3. The van der Waals surface area contributed by atoms with Crippen LogP contribution in [-0.4, -0.2) is 33.6 Å². The third-order valence-corrected chi connectivity index (χ3v) is 4.93. The molecule has 1 aliphatic heterocycles. The lowest BCUT2D eigenvalue weighted by atomic mass is 10.1. The van der Waals surface area contributed by atoms with E-state index in [1.165, 1.54) is 13.3 Å². The predicted octanol–water partition coefficient (Wildman–Crippen LogP) is 3.69. The van der Waals surface area contributed by atoms with E-state index in [-0.39, 0.29) is 5.78 Å². The lowest BCUT2D eigenvalue weighted by molar-refractivity contribution is 0.0538. The Hall–Kier alpha value is -3.43. The van der Waals surface area contributed by atoms with E-state index in [4.69, 9.17) is 16.4 Å². The number of anilines is 4. The van der Waals surface area contributed by atoms with Gasteiger partial charge in [-0.1, -0.05) is 23.7 Å². The summed E-state index contributed by atoms with van der Waals surface area (Å²) in [6.07, 6.45) is 4.39. The molecule has 0 atom stereocenters. The van der Waals surface area contributed by atoms with Crippen LogP contribution in [-0.2, 0) is 11.4 Å². The van der Waals surface area contributed by atoms with Gasteiger partial charge in [0.2, 0.25) is 0 Å². The summed E-state index contributed by atoms with van der Waals surface area (Å²) in [7, 11) is 1.37. The van der Waals surface area contributed by atoms with Gasteiger partial charge in [0.05, 0.1) is 47.2 Å². The summed E-state index contributed by atoms with van der Waals surface area (Å²) in [5.74, 6) is 0.135. The van der Waals surface area contributed by atoms with Gasteiger partial charge in [-0.25, -0.2) is 10.5 Å². The summed E-state index contributed by atoms with van der Waals surface area (Å²) in [4.78, 5) is 33.5. The van der Waals surface area contributed by atoms with Gasteiger partial charge in [-0.3, -0.25) is 19.1 Å². The number of halogens is 1. The minimum absolute atomic E-state index is 0.0478. The first-order valence-corrected chi connectivity index (χ1v) is 9.65. The molecule has 2 aromatic heterocycles. The third-order valence-electron chi connectivity index (χ3n) is 4.63. The van der Waals surface area contributed by atoms with E-state index in [1.807, 2.05) is 0 Å². The molecule has 3 heterocycles. The van der Waals surface area contributed by atoms with Crippen molar-refractivity contribution in [1.82, 2.24) is 20.2 Å². The zero-order valence-corrected chi connectivity index (χ0v) is 16.9. The lowest BCUT2D eigenvalue weighted by Crippen LogP contribution is -2.22. The first-order chi connectivity index (χ1) is 14.6. The Kier molecular flexibility index (Phi) is 5.64. The highest BCUT2D eigenvalue weighted by atomic mass is 35.5. The molecule has 1 amide bonds. The van der Waals surface area contributed by atoms with E-state index >= 15 is 0 Å². The number of hydrogen-bond acceptors (Lipinski definition) is 7. The van der Waals surface area contributed by atoms with Gasteiger partial charge in [0.25, 0.3) is 5.91 Å². The standard InChI is InChI=1S/C20H19ClN6O3/c1-30-26-20(29)12-5-2-3-6-14(12)24-15-9-18(22-10-13(15)21)25-16-11-23-27-8-4-7-17(28)19(16)27/h2-3,5-6,9-11H,4,7-8H2,1H3,(H,26,29)(H2,22,24,25). The Morgan fingerprint density at radius 3 is 2.83 bits per heavy atom. The van der Waals surface area contributed by atoms with Crippen molar-refractivity contribution < 1.29 is 14.4 Å². The number of aromatic nitrogens is 3. The molecule has 3 aromatic rings. The van der Waals surface area contributed by atoms with Gasteiger partial charge >= 0.3 is 0 Å². The average Bonchev–Trinajstić information content (AvgIpc) is 3.15. The maximum absolute atomic E-state index is 12.3. The molecule has 1 aromatic carbocycles. The number of nitrogens with one attached hydrogen (secondary N) is 3. The highest BCUT2D eigenvalue weighted by Gasteiger charge is 2.23. The first-order valence-electron chi connectivity index (χ1n) is 9.28. The molecule has 0 aliphatic carbocycles. The number of Topliss-reactive ketones (excluding diaryl/α,β-unsaturated/α-hetero) is 1. The molecule has 0 unspecified atom stereocenters. The number of carbonyl (C=O) groups excluding carboxylic acids is 2. The second kappa shape index (κ2) is 8.52. The number of hydrogen-bond donors (Lipinski definition) is 3. The largest absolute Gasteiger partial charge is 0.353 e. The van der Waals surface area contributed by atoms with Crippen LogP contribution in [0.1, 0.15) is 33.7 Å². The number of amides is 1. The van der Waals surface area contributed by atoms with E-state index in [0.29, 0.717) is 52.1 Å². The first kappa shape index (κ1) is 19.9. The van der Waals surface area contributed by atoms with E-state index < -0.39 is 5.91 Å². The van der Waals surface area contributed by atoms with Gasteiger partial charge < -0.3 is 10.6 Å². The molecule has 0 fully saturated rings. The van der Waals surface area contributed by atoms with Gasteiger partial charge in [0, 0.05) is 19.0 Å². The molecule has 4 rings (SSSR count). The van der Waals surface area contributed by atoms with Crippen molar-refractivity contribution in [1.29, 1.82) is 0 Å². The fraction of sp³-hybridized carbons (Fsp3) is 0.200. The normalized spacial score (nSPS) is 12.9. The van der Waals surface area contributed by atoms with Gasteiger partial charge in [-0.2, -0.15) is 5.10 Å². The number of carbonyl (C=O) groups is 2. The molecule has 154 valence electrons. The van der Waals surface area contributed by atoms with Crippen molar-refractivity contribution in [2.75, 3.05) is 17.7 Å². The minimum atomic E-state index is -0.394. The van der Waals surface area contributed by atoms with Crippen LogP contribution in [0.25, 0.3) is 0 Å². The Morgan fingerprint density at radius 2 is 2.00 bits per heavy atom. The number of ketones is 1.